The molecule has 3 rings (SSSR count). The number of hydrogen-bond acceptors (Lipinski definition) is 18. The van der Waals surface area contributed by atoms with Crippen LogP contribution in [-0.4, -0.2) is 193 Å². The number of aliphatic hydroxyl groups is 11. The van der Waals surface area contributed by atoms with Crippen LogP contribution < -0.4 is 5.32 Å². The first kappa shape index (κ1) is 94.9. The van der Waals surface area contributed by atoms with Gasteiger partial charge in [0.2, 0.25) is 5.91 Å². The van der Waals surface area contributed by atoms with E-state index < -0.39 is 124 Å². The Bertz CT molecular complexity index is 2260. The number of carbonyl (C=O) groups excluding carboxylic acids is 1. The topological polar surface area (TPSA) is 307 Å². The second-order valence-electron chi connectivity index (χ2n) is 29.2. The Morgan fingerprint density at radius 1 is 0.356 bits per heavy atom. The molecule has 0 saturated carbocycles. The second kappa shape index (κ2) is 64.5. The molecule has 3 fully saturated rings. The monoisotopic (exact) mass is 1470 g/mol. The summed E-state index contributed by atoms with van der Waals surface area (Å²) in [4.78, 5) is 13.5. The number of allylic oxidation sites excluding steroid dienone is 15. The highest BCUT2D eigenvalue weighted by Crippen LogP contribution is 2.33. The van der Waals surface area contributed by atoms with Crippen LogP contribution in [0.5, 0.6) is 0 Å². The lowest BCUT2D eigenvalue weighted by atomic mass is 9.96. The zero-order chi connectivity index (χ0) is 75.3. The number of aliphatic hydroxyl groups excluding tert-OH is 11. The molecular formula is C85H149NO18. The minimum absolute atomic E-state index is 0.241. The Morgan fingerprint density at radius 3 is 1.04 bits per heavy atom. The number of unbranched alkanes of at least 4 members (excludes halogenated alkanes) is 35. The number of amides is 1. The minimum Gasteiger partial charge on any atom is -0.394 e. The highest BCUT2D eigenvalue weighted by atomic mass is 16.8. The molecule has 104 heavy (non-hydrogen) atoms. The van der Waals surface area contributed by atoms with E-state index in [1.165, 1.54) is 186 Å². The van der Waals surface area contributed by atoms with Crippen molar-refractivity contribution in [2.24, 2.45) is 0 Å². The molecule has 12 N–H and O–H groups in total. The molecule has 17 unspecified atom stereocenters. The number of rotatable bonds is 65. The van der Waals surface area contributed by atoms with Gasteiger partial charge in [0.15, 0.2) is 18.9 Å². The molecule has 19 nitrogen and oxygen atoms in total. The molecule has 1 amide bonds. The van der Waals surface area contributed by atoms with Gasteiger partial charge in [-0.05, 0) is 77.0 Å². The molecule has 0 spiro atoms. The minimum atomic E-state index is -1.98. The van der Waals surface area contributed by atoms with Gasteiger partial charge in [-0.15, -0.1) is 0 Å². The predicted molar refractivity (Wildman–Crippen MR) is 415 cm³/mol. The molecule has 17 atom stereocenters. The normalized spacial score (nSPS) is 26.4. The summed E-state index contributed by atoms with van der Waals surface area (Å²) >= 11 is 0. The highest BCUT2D eigenvalue weighted by molar-refractivity contribution is 5.76. The summed E-state index contributed by atoms with van der Waals surface area (Å²) in [6, 6.07) is -0.978. The third-order valence-corrected chi connectivity index (χ3v) is 20.1. The average Bonchev–Trinajstić information content (AvgIpc) is 0.783. The van der Waals surface area contributed by atoms with E-state index in [-0.39, 0.29) is 18.9 Å². The van der Waals surface area contributed by atoms with E-state index in [1.807, 2.05) is 6.08 Å². The first-order valence-electron chi connectivity index (χ1n) is 41.5. The van der Waals surface area contributed by atoms with Crippen molar-refractivity contribution in [2.45, 2.75) is 407 Å². The SMILES string of the molecule is CC/C=C\C/C=C\C/C=C\C/C=C\C/C=C\C/C=C\C/C=C\CCCCCCCCCCCCCCCCCCCC(=O)NC(COC1OC(CO)C(OC2OC(CO)C(OC3OC(CO)C(O)C(O)C3O)C(O)C2O)C(O)C1O)C(O)/C=C/CCCCCCCCCCCCCCCCCCCC. The van der Waals surface area contributed by atoms with Crippen LogP contribution in [0.3, 0.4) is 0 Å². The van der Waals surface area contributed by atoms with E-state index in [1.54, 1.807) is 6.08 Å². The summed E-state index contributed by atoms with van der Waals surface area (Å²) in [5.74, 6) is -0.274. The number of nitrogens with one attached hydrogen (secondary N) is 1. The Morgan fingerprint density at radius 2 is 0.663 bits per heavy atom. The van der Waals surface area contributed by atoms with Gasteiger partial charge in [0, 0.05) is 6.42 Å². The lowest BCUT2D eigenvalue weighted by molar-refractivity contribution is -0.379. The van der Waals surface area contributed by atoms with Gasteiger partial charge in [-0.2, -0.15) is 0 Å². The van der Waals surface area contributed by atoms with Gasteiger partial charge in [0.25, 0.3) is 0 Å². The standard InChI is InChI=1S/C85H149NO18/c1-3-5-7-9-11-13-15-17-19-21-23-25-26-27-28-29-30-31-32-33-34-35-36-37-38-39-40-41-42-43-45-47-49-51-53-55-57-59-61-63-73(91)86-68(69(90)62-60-58-56-54-52-50-48-46-44-24-22-20-18-16-14-12-10-8-6-4-2)67-99-83-79(97)76(94)81(71(65-88)101-83)104-85-80(98)77(95)82(72(66-89)102-85)103-84-78(96)75(93)74(92)70(64-87)100-84/h5,7,11,13,17,19,23,25,27-28,30-31,33-34,60,62,68-72,74-85,87-90,92-98H,3-4,6,8-10,12,14-16,18,20-22,24,26,29,32,35-59,61,63-67H2,1-2H3,(H,86,91)/b7-5-,13-11-,19-17-,25-23-,28-27-,31-30-,34-33-,62-60+. The third-order valence-electron chi connectivity index (χ3n) is 20.1. The summed E-state index contributed by atoms with van der Waals surface area (Å²) in [6.45, 7) is 1.65. The first-order valence-corrected chi connectivity index (χ1v) is 41.5. The summed E-state index contributed by atoms with van der Waals surface area (Å²) < 4.78 is 34.5. The fourth-order valence-electron chi connectivity index (χ4n) is 13.5. The molecule has 3 heterocycles. The van der Waals surface area contributed by atoms with Gasteiger partial charge in [0.1, 0.15) is 73.2 Å². The third kappa shape index (κ3) is 43.8. The maximum absolute atomic E-state index is 13.5. The van der Waals surface area contributed by atoms with Crippen molar-refractivity contribution in [1.29, 1.82) is 0 Å². The van der Waals surface area contributed by atoms with Crippen molar-refractivity contribution < 1.29 is 89.4 Å². The van der Waals surface area contributed by atoms with E-state index in [0.29, 0.717) is 6.42 Å². The predicted octanol–water partition coefficient (Wildman–Crippen LogP) is 14.3. The van der Waals surface area contributed by atoms with Crippen LogP contribution in [-0.2, 0) is 33.2 Å². The van der Waals surface area contributed by atoms with E-state index >= 15 is 0 Å². The van der Waals surface area contributed by atoms with Gasteiger partial charge in [-0.1, -0.05) is 317 Å². The Balaban J connectivity index is 1.33. The highest BCUT2D eigenvalue weighted by Gasteiger charge is 2.54. The number of hydrogen-bond donors (Lipinski definition) is 12. The van der Waals surface area contributed by atoms with Crippen LogP contribution in [0.4, 0.5) is 0 Å². The largest absolute Gasteiger partial charge is 0.394 e. The molecule has 0 aromatic carbocycles. The molecule has 602 valence electrons. The van der Waals surface area contributed by atoms with Crippen molar-refractivity contribution in [3.63, 3.8) is 0 Å². The van der Waals surface area contributed by atoms with Crippen molar-refractivity contribution in [3.8, 4) is 0 Å². The summed E-state index contributed by atoms with van der Waals surface area (Å²) in [6.07, 6.45) is 61.1. The molecule has 0 aromatic heterocycles. The second-order valence-corrected chi connectivity index (χ2v) is 29.2. The molecule has 19 heteroatoms. The number of ether oxygens (including phenoxy) is 6. The molecule has 3 aliphatic rings. The van der Waals surface area contributed by atoms with Crippen LogP contribution in [0.2, 0.25) is 0 Å². The van der Waals surface area contributed by atoms with Gasteiger partial charge in [-0.25, -0.2) is 0 Å². The van der Waals surface area contributed by atoms with Crippen molar-refractivity contribution in [2.75, 3.05) is 26.4 Å². The van der Waals surface area contributed by atoms with E-state index in [4.69, 9.17) is 28.4 Å². The quantitative estimate of drug-likeness (QED) is 0.0199. The van der Waals surface area contributed by atoms with Crippen LogP contribution in [0.1, 0.15) is 303 Å². The molecule has 0 bridgehead atoms. The molecule has 3 aliphatic heterocycles. The van der Waals surface area contributed by atoms with E-state index in [0.717, 1.165) is 89.9 Å². The smallest absolute Gasteiger partial charge is 0.220 e. The summed E-state index contributed by atoms with van der Waals surface area (Å²) in [5.41, 5.74) is 0. The van der Waals surface area contributed by atoms with Crippen LogP contribution in [0.15, 0.2) is 97.2 Å². The molecule has 0 aliphatic carbocycles. The lowest BCUT2D eigenvalue weighted by Gasteiger charge is -2.48. The van der Waals surface area contributed by atoms with Crippen molar-refractivity contribution >= 4 is 5.91 Å². The van der Waals surface area contributed by atoms with E-state index in [9.17, 15) is 61.0 Å². The van der Waals surface area contributed by atoms with Crippen molar-refractivity contribution in [1.82, 2.24) is 5.32 Å². The molecular weight excluding hydrogens is 1320 g/mol. The van der Waals surface area contributed by atoms with Gasteiger partial charge < -0.3 is 89.9 Å². The lowest BCUT2D eigenvalue weighted by Crippen LogP contribution is -2.66. The van der Waals surface area contributed by atoms with Gasteiger partial charge in [-0.3, -0.25) is 4.79 Å². The average molecular weight is 1470 g/mol. The maximum atomic E-state index is 13.5. The van der Waals surface area contributed by atoms with Gasteiger partial charge >= 0.3 is 0 Å². The van der Waals surface area contributed by atoms with Crippen LogP contribution >= 0.6 is 0 Å². The molecule has 0 aromatic rings. The molecule has 0 radical (unpaired) electrons. The first-order chi connectivity index (χ1) is 50.8. The fraction of sp³-hybridized carbons (Fsp3) is 0.800. The zero-order valence-electron chi connectivity index (χ0n) is 64.5. The summed E-state index contributed by atoms with van der Waals surface area (Å²) in [7, 11) is 0. The van der Waals surface area contributed by atoms with Crippen molar-refractivity contribution in [3.05, 3.63) is 97.2 Å². The summed E-state index contributed by atoms with van der Waals surface area (Å²) in [5, 5.41) is 121. The zero-order valence-corrected chi connectivity index (χ0v) is 64.5. The Labute approximate surface area is 628 Å². The van der Waals surface area contributed by atoms with Gasteiger partial charge in [0.05, 0.1) is 38.6 Å². The maximum Gasteiger partial charge on any atom is 0.220 e. The fourth-order valence-corrected chi connectivity index (χ4v) is 13.5. The molecule has 3 saturated heterocycles. The Hall–Kier alpha value is -3.29. The van der Waals surface area contributed by atoms with Crippen LogP contribution in [0, 0.1) is 0 Å². The van der Waals surface area contributed by atoms with Crippen LogP contribution in [0.25, 0.3) is 0 Å². The van der Waals surface area contributed by atoms with E-state index in [2.05, 4.69) is 104 Å². The Kier molecular flexibility index (Phi) is 58.9. The number of carbonyl (C=O) groups is 1.